The van der Waals surface area contributed by atoms with Crippen LogP contribution in [0.4, 0.5) is 34.1 Å². The lowest BCUT2D eigenvalue weighted by molar-refractivity contribution is -0.130. The van der Waals surface area contributed by atoms with Gasteiger partial charge in [0.1, 0.15) is 58.4 Å². The number of aliphatic carboxylic acids is 1. The largest absolute Gasteiger partial charge is 0.507 e. The highest BCUT2D eigenvalue weighted by atomic mass is 32.3. The molecule has 0 aromatic heterocycles. The van der Waals surface area contributed by atoms with Gasteiger partial charge in [0.2, 0.25) is 6.04 Å². The number of benzene rings is 6. The van der Waals surface area contributed by atoms with Crippen LogP contribution in [0.15, 0.2) is 140 Å². The van der Waals surface area contributed by atoms with Crippen molar-refractivity contribution < 1.29 is 97.2 Å². The van der Waals surface area contributed by atoms with Crippen molar-refractivity contribution in [2.75, 3.05) is 31.4 Å². The molecule has 7 rings (SSSR count). The summed E-state index contributed by atoms with van der Waals surface area (Å²) >= 11 is 0. The van der Waals surface area contributed by atoms with E-state index in [1.165, 1.54) is 18.2 Å². The smallest absolute Gasteiger partial charge is 0.355 e. The fourth-order valence-electron chi connectivity index (χ4n) is 6.73. The zero-order valence-corrected chi connectivity index (χ0v) is 39.5. The van der Waals surface area contributed by atoms with Crippen LogP contribution in [-0.4, -0.2) is 128 Å². The van der Waals surface area contributed by atoms with Crippen LogP contribution in [0.2, 0.25) is 0 Å². The summed E-state index contributed by atoms with van der Waals surface area (Å²) in [4.78, 5) is 22.3. The molecule has 6 aromatic carbocycles. The van der Waals surface area contributed by atoms with E-state index < -0.39 is 134 Å². The topological polar surface area (TPSA) is 467 Å². The molecular weight excluding hydrogens is 1060 g/mol. The third-order valence-corrected chi connectivity index (χ3v) is 13.4. The van der Waals surface area contributed by atoms with E-state index >= 15 is 0 Å². The molecule has 0 radical (unpaired) electrons. The van der Waals surface area contributed by atoms with Gasteiger partial charge in [0, 0.05) is 23.6 Å². The Morgan fingerprint density at radius 3 is 1.71 bits per heavy atom. The second-order valence-corrected chi connectivity index (χ2v) is 20.5. The Kier molecular flexibility index (Phi) is 14.9. The van der Waals surface area contributed by atoms with Crippen molar-refractivity contribution in [2.45, 2.75) is 25.6 Å². The van der Waals surface area contributed by atoms with Crippen LogP contribution >= 0.6 is 10.9 Å². The van der Waals surface area contributed by atoms with E-state index in [0.717, 1.165) is 60.7 Å². The fourth-order valence-corrected chi connectivity index (χ4v) is 8.96. The van der Waals surface area contributed by atoms with Crippen LogP contribution in [0, 0.1) is 0 Å². The second kappa shape index (κ2) is 20.4. The van der Waals surface area contributed by atoms with E-state index in [1.54, 1.807) is 0 Å². The zero-order valence-electron chi connectivity index (χ0n) is 36.2. The lowest BCUT2D eigenvalue weighted by Gasteiger charge is -2.22. The number of rotatable bonds is 18. The number of ether oxygens (including phenoxy) is 2. The fraction of sp³-hybridized carbons (Fsp3) is 0.125. The molecule has 0 fully saturated rings. The zero-order chi connectivity index (χ0) is 53.4. The second-order valence-electron chi connectivity index (χ2n) is 14.8. The molecule has 384 valence electrons. The first kappa shape index (κ1) is 53.1. The number of aliphatic hydroxyl groups is 2. The highest BCUT2D eigenvalue weighted by Gasteiger charge is 2.41. The molecule has 73 heavy (non-hydrogen) atoms. The van der Waals surface area contributed by atoms with E-state index in [9.17, 15) is 87.7 Å². The van der Waals surface area contributed by atoms with Crippen LogP contribution in [-0.2, 0) is 39.9 Å². The number of carbonyl (C=O) groups excluding carboxylic acids is 1. The Hall–Kier alpha value is -7.67. The number of carboxylic acids is 1. The molecular formula is C40H34N8O21S4. The average Bonchev–Trinajstić information content (AvgIpc) is 3.65. The van der Waals surface area contributed by atoms with Gasteiger partial charge in [-0.25, -0.2) is 4.79 Å². The predicted octanol–water partition coefficient (Wildman–Crippen LogP) is 6.24. The summed E-state index contributed by atoms with van der Waals surface area (Å²) < 4.78 is 142. The SMILES string of the molecule is O=C(O)C1=NN(c2ccc(S(=O)(=O)O)cc2)C(=O)C1N=Nc1ccc2c(O)c(N=Nc3cc(OCCO)c(N=Nc4cc(S(=O)(=O)O)cc5cc(S(=O)(=O)O)cc(O)c45)cc3OCCO)c(S(O)(O)O)cc2c1. The van der Waals surface area contributed by atoms with Crippen molar-refractivity contribution in [2.24, 2.45) is 35.8 Å². The van der Waals surface area contributed by atoms with E-state index in [1.807, 2.05) is 0 Å². The number of anilines is 1. The first-order chi connectivity index (χ1) is 34.2. The molecule has 11 N–H and O–H groups in total. The number of phenols is 2. The van der Waals surface area contributed by atoms with Crippen LogP contribution < -0.4 is 14.5 Å². The minimum Gasteiger partial charge on any atom is -0.507 e. The van der Waals surface area contributed by atoms with Gasteiger partial charge in [0.25, 0.3) is 36.3 Å². The van der Waals surface area contributed by atoms with Gasteiger partial charge in [-0.2, -0.15) is 45.6 Å². The summed E-state index contributed by atoms with van der Waals surface area (Å²) in [5.41, 5.74) is -2.81. The van der Waals surface area contributed by atoms with Gasteiger partial charge in [0.15, 0.2) is 11.5 Å². The molecule has 1 aliphatic rings. The summed E-state index contributed by atoms with van der Waals surface area (Å²) in [5, 5.41) is 78.5. The molecule has 0 spiro atoms. The molecule has 1 unspecified atom stereocenters. The van der Waals surface area contributed by atoms with E-state index in [0.29, 0.717) is 11.1 Å². The highest BCUT2D eigenvalue weighted by molar-refractivity contribution is 8.19. The molecule has 33 heteroatoms. The minimum atomic E-state index is -5.02. The number of aliphatic hydroxyl groups excluding tert-OH is 2. The minimum absolute atomic E-state index is 0.0641. The third-order valence-electron chi connectivity index (χ3n) is 9.94. The molecule has 1 atom stereocenters. The number of aromatic hydroxyl groups is 2. The van der Waals surface area contributed by atoms with Crippen LogP contribution in [0.1, 0.15) is 0 Å². The normalized spacial score (nSPS) is 15.1. The maximum Gasteiger partial charge on any atom is 0.355 e. The molecule has 6 aromatic rings. The van der Waals surface area contributed by atoms with E-state index in [-0.39, 0.29) is 55.8 Å². The third kappa shape index (κ3) is 11.7. The Labute approximate surface area is 410 Å². The summed E-state index contributed by atoms with van der Waals surface area (Å²) in [6.45, 7) is -2.01. The lowest BCUT2D eigenvalue weighted by Crippen LogP contribution is -2.33. The van der Waals surface area contributed by atoms with Crippen molar-refractivity contribution in [3.05, 3.63) is 84.9 Å². The number of carbonyl (C=O) groups is 2. The quantitative estimate of drug-likeness (QED) is 0.0335. The number of hydrogen-bond acceptors (Lipinski definition) is 24. The molecule has 0 saturated heterocycles. The van der Waals surface area contributed by atoms with Gasteiger partial charge < -0.3 is 48.7 Å². The molecule has 0 saturated carbocycles. The first-order valence-electron chi connectivity index (χ1n) is 19.9. The van der Waals surface area contributed by atoms with Gasteiger partial charge in [-0.15, -0.1) is 20.5 Å². The molecule has 1 amide bonds. The number of fused-ring (bicyclic) bond motifs is 2. The van der Waals surface area contributed by atoms with Crippen LogP contribution in [0.5, 0.6) is 23.0 Å². The number of hydrazone groups is 1. The summed E-state index contributed by atoms with van der Waals surface area (Å²) in [7, 11) is -19.4. The Balaban J connectivity index is 1.26. The van der Waals surface area contributed by atoms with Crippen molar-refractivity contribution in [3.63, 3.8) is 0 Å². The summed E-state index contributed by atoms with van der Waals surface area (Å²) in [5.74, 6) is -4.91. The summed E-state index contributed by atoms with van der Waals surface area (Å²) in [6, 6.07) is 11.9. The van der Waals surface area contributed by atoms with Gasteiger partial charge in [0.05, 0.1) is 55.2 Å². The van der Waals surface area contributed by atoms with Crippen molar-refractivity contribution >= 4 is 114 Å². The van der Waals surface area contributed by atoms with Gasteiger partial charge in [-0.05, 0) is 77.5 Å². The van der Waals surface area contributed by atoms with E-state index in [2.05, 4.69) is 35.8 Å². The van der Waals surface area contributed by atoms with Gasteiger partial charge in [-0.3, -0.25) is 18.5 Å². The molecule has 0 bridgehead atoms. The number of carboxylic acid groups (broad SMARTS) is 1. The average molecular weight is 1090 g/mol. The van der Waals surface area contributed by atoms with Crippen molar-refractivity contribution in [1.82, 2.24) is 0 Å². The predicted molar refractivity (Wildman–Crippen MR) is 252 cm³/mol. The van der Waals surface area contributed by atoms with Gasteiger partial charge >= 0.3 is 5.97 Å². The number of nitrogens with zero attached hydrogens (tertiary/aromatic N) is 8. The van der Waals surface area contributed by atoms with Gasteiger partial charge in [-0.1, -0.05) is 0 Å². The maximum atomic E-state index is 13.3. The molecule has 0 aliphatic carbocycles. The Morgan fingerprint density at radius 2 is 1.18 bits per heavy atom. The molecule has 1 heterocycles. The summed E-state index contributed by atoms with van der Waals surface area (Å²) in [6.07, 6.45) is 0. The number of phenolic OH excluding ortho intramolecular Hbond substituents is 2. The Morgan fingerprint density at radius 1 is 0.630 bits per heavy atom. The molecule has 29 nitrogen and oxygen atoms in total. The Bertz CT molecular complexity index is 3710. The van der Waals surface area contributed by atoms with Crippen molar-refractivity contribution in [3.8, 4) is 23.0 Å². The standard InChI is InChI=1S/C40H34N8O21S4/c49-7-9-68-31-18-28(32(69-10-8-50)17-27(31)42-44-29-15-24(71(59,60)61)12-20-13-25(72(62,63)64)16-30(51)34(20)29)43-45-35-33(73(65,66)67)14-19-11-21(1-6-26(19)38(35)52)41-46-36-37(40(54)55)47-48(39(36)53)22-2-4-23(5-3-22)70(56,57)58/h1-6,11-18,36,49-52,65-67H,7-10H2,(H,54,55)(H,56,57,58)(H,59,60,61)(H,62,63,64). The monoisotopic (exact) mass is 1090 g/mol. The number of amides is 1. The van der Waals surface area contributed by atoms with Crippen LogP contribution in [0.3, 0.4) is 0 Å². The van der Waals surface area contributed by atoms with Crippen LogP contribution in [0.25, 0.3) is 21.5 Å². The lowest BCUT2D eigenvalue weighted by atomic mass is 10.1. The first-order valence-corrected chi connectivity index (χ1v) is 25.7. The van der Waals surface area contributed by atoms with E-state index in [4.69, 9.17) is 9.47 Å². The maximum absolute atomic E-state index is 13.3. The molecule has 1 aliphatic heterocycles. The number of hydrogen-bond donors (Lipinski definition) is 11. The number of azo groups is 3. The highest BCUT2D eigenvalue weighted by Crippen LogP contribution is 2.55. The van der Waals surface area contributed by atoms with Crippen molar-refractivity contribution in [1.29, 1.82) is 0 Å².